The summed E-state index contributed by atoms with van der Waals surface area (Å²) in [6.07, 6.45) is 6.96. The second-order valence-corrected chi connectivity index (χ2v) is 12.7. The summed E-state index contributed by atoms with van der Waals surface area (Å²) in [5, 5.41) is 9.45. The first-order valence-electron chi connectivity index (χ1n) is 14.4. The van der Waals surface area contributed by atoms with E-state index in [2.05, 4.69) is 28.2 Å². The number of nitrogens with one attached hydrogen (secondary N) is 1. The Morgan fingerprint density at radius 2 is 2.00 bits per heavy atom. The topological polar surface area (TPSA) is 87.5 Å². The van der Waals surface area contributed by atoms with Crippen molar-refractivity contribution in [3.05, 3.63) is 68.3 Å². The number of ether oxygens (including phenoxy) is 3. The SMILES string of the molecule is CCCCOc1c(Br)cc(C2C(C(=O)OC3CCCCC3)=C(C)Nc3nc(SCc4ccccc4Cl)nn32)cc1OC. The van der Waals surface area contributed by atoms with Gasteiger partial charge in [0.05, 0.1) is 23.8 Å². The molecule has 0 radical (unpaired) electrons. The maximum absolute atomic E-state index is 13.8. The lowest BCUT2D eigenvalue weighted by atomic mass is 9.94. The third-order valence-electron chi connectivity index (χ3n) is 7.51. The summed E-state index contributed by atoms with van der Waals surface area (Å²) in [5.74, 6) is 2.01. The van der Waals surface area contributed by atoms with Crippen molar-refractivity contribution in [3.63, 3.8) is 0 Å². The molecule has 1 unspecified atom stereocenters. The lowest BCUT2D eigenvalue weighted by Crippen LogP contribution is -2.32. The highest BCUT2D eigenvalue weighted by Crippen LogP contribution is 2.44. The average molecular weight is 676 g/mol. The molecular formula is C31H36BrClN4O4S. The number of benzene rings is 2. The van der Waals surface area contributed by atoms with Crippen LogP contribution in [0.3, 0.4) is 0 Å². The summed E-state index contributed by atoms with van der Waals surface area (Å²) in [6.45, 7) is 4.58. The number of hydrogen-bond acceptors (Lipinski definition) is 8. The number of halogens is 2. The van der Waals surface area contributed by atoms with Crippen LogP contribution in [0.2, 0.25) is 5.02 Å². The number of carbonyl (C=O) groups excluding carboxylic acids is 1. The molecule has 0 saturated heterocycles. The van der Waals surface area contributed by atoms with Crippen LogP contribution in [0, 0.1) is 0 Å². The largest absolute Gasteiger partial charge is 0.493 e. The van der Waals surface area contributed by atoms with Crippen molar-refractivity contribution >= 4 is 51.2 Å². The molecule has 2 aromatic carbocycles. The van der Waals surface area contributed by atoms with Gasteiger partial charge in [-0.25, -0.2) is 9.48 Å². The maximum atomic E-state index is 13.8. The van der Waals surface area contributed by atoms with E-state index in [4.69, 9.17) is 35.9 Å². The number of carbonyl (C=O) groups is 1. The quantitative estimate of drug-likeness (QED) is 0.123. The van der Waals surface area contributed by atoms with Gasteiger partial charge in [-0.1, -0.05) is 61.3 Å². The van der Waals surface area contributed by atoms with Crippen LogP contribution >= 0.6 is 39.3 Å². The number of methoxy groups -OCH3 is 1. The number of fused-ring (bicyclic) bond motifs is 1. The molecule has 5 rings (SSSR count). The molecule has 2 aliphatic rings. The van der Waals surface area contributed by atoms with Gasteiger partial charge < -0.3 is 19.5 Å². The van der Waals surface area contributed by atoms with Crippen molar-refractivity contribution in [2.75, 3.05) is 19.0 Å². The van der Waals surface area contributed by atoms with Crippen molar-refractivity contribution in [2.24, 2.45) is 0 Å². The summed E-state index contributed by atoms with van der Waals surface area (Å²) in [5.41, 5.74) is 2.97. The molecule has 1 fully saturated rings. The molecule has 1 aliphatic carbocycles. The number of anilines is 1. The van der Waals surface area contributed by atoms with Gasteiger partial charge in [-0.2, -0.15) is 4.98 Å². The number of unbranched alkanes of at least 4 members (excludes halogenated alkanes) is 1. The molecule has 42 heavy (non-hydrogen) atoms. The van der Waals surface area contributed by atoms with Gasteiger partial charge in [0.1, 0.15) is 12.1 Å². The zero-order chi connectivity index (χ0) is 29.6. The predicted octanol–water partition coefficient (Wildman–Crippen LogP) is 8.34. The Kier molecular flexibility index (Phi) is 10.4. The second-order valence-electron chi connectivity index (χ2n) is 10.5. The Morgan fingerprint density at radius 3 is 2.74 bits per heavy atom. The standard InChI is InChI=1S/C31H36BrClN4O4S/c1-4-5-15-40-28-23(32)16-21(17-25(28)39-3)27-26(29(38)41-22-12-7-6-8-13-22)19(2)34-30-35-31(36-37(27)30)42-18-20-11-9-10-14-24(20)33/h9-11,14,16-17,22,27H,4-8,12-13,15,18H2,1-3H3,(H,34,35,36). The van der Waals surface area contributed by atoms with Gasteiger partial charge in [0.2, 0.25) is 11.1 Å². The lowest BCUT2D eigenvalue weighted by Gasteiger charge is -2.30. The molecule has 2 heterocycles. The van der Waals surface area contributed by atoms with Gasteiger partial charge in [0, 0.05) is 16.5 Å². The molecule has 0 spiro atoms. The molecule has 1 saturated carbocycles. The highest BCUT2D eigenvalue weighted by atomic mass is 79.9. The van der Waals surface area contributed by atoms with Gasteiger partial charge in [0.15, 0.2) is 11.5 Å². The molecule has 8 nitrogen and oxygen atoms in total. The van der Waals surface area contributed by atoms with Gasteiger partial charge in [0.25, 0.3) is 0 Å². The fraction of sp³-hybridized carbons (Fsp3) is 0.452. The number of aromatic nitrogens is 3. The van der Waals surface area contributed by atoms with Crippen molar-refractivity contribution in [3.8, 4) is 11.5 Å². The summed E-state index contributed by atoms with van der Waals surface area (Å²) in [6, 6.07) is 11.0. The zero-order valence-electron chi connectivity index (χ0n) is 24.1. The van der Waals surface area contributed by atoms with E-state index in [1.165, 1.54) is 18.2 Å². The minimum atomic E-state index is -0.589. The summed E-state index contributed by atoms with van der Waals surface area (Å²) < 4.78 is 20.4. The minimum Gasteiger partial charge on any atom is -0.493 e. The fourth-order valence-corrected chi connectivity index (χ4v) is 6.97. The van der Waals surface area contributed by atoms with E-state index in [0.29, 0.717) is 51.3 Å². The zero-order valence-corrected chi connectivity index (χ0v) is 27.3. The minimum absolute atomic E-state index is 0.0818. The number of rotatable bonds is 11. The third-order valence-corrected chi connectivity index (χ3v) is 9.35. The van der Waals surface area contributed by atoms with Crippen LogP contribution in [-0.2, 0) is 15.3 Å². The first-order valence-corrected chi connectivity index (χ1v) is 16.6. The molecule has 1 atom stereocenters. The van der Waals surface area contributed by atoms with Gasteiger partial charge in [-0.3, -0.25) is 0 Å². The predicted molar refractivity (Wildman–Crippen MR) is 170 cm³/mol. The monoisotopic (exact) mass is 674 g/mol. The average Bonchev–Trinajstić information content (AvgIpc) is 3.39. The van der Waals surface area contributed by atoms with Crippen LogP contribution in [0.25, 0.3) is 0 Å². The van der Waals surface area contributed by atoms with Crippen molar-refractivity contribution in [1.29, 1.82) is 0 Å². The first kappa shape index (κ1) is 30.8. The van der Waals surface area contributed by atoms with Crippen molar-refractivity contribution in [2.45, 2.75) is 81.8 Å². The first-order chi connectivity index (χ1) is 20.4. The number of allylic oxidation sites excluding steroid dienone is 1. The van der Waals surface area contributed by atoms with Crippen LogP contribution in [-0.4, -0.2) is 40.6 Å². The van der Waals surface area contributed by atoms with Crippen LogP contribution in [0.15, 0.2) is 57.3 Å². The molecule has 3 aromatic rings. The van der Waals surface area contributed by atoms with Crippen LogP contribution in [0.4, 0.5) is 5.95 Å². The van der Waals surface area contributed by atoms with E-state index >= 15 is 0 Å². The molecule has 0 bridgehead atoms. The van der Waals surface area contributed by atoms with E-state index in [-0.39, 0.29) is 12.1 Å². The Morgan fingerprint density at radius 1 is 1.21 bits per heavy atom. The van der Waals surface area contributed by atoms with Gasteiger partial charge in [-0.05, 0) is 84.3 Å². The highest BCUT2D eigenvalue weighted by molar-refractivity contribution is 9.10. The Bertz CT molecular complexity index is 1460. The Labute approximate surface area is 264 Å². The molecule has 224 valence electrons. The number of hydrogen-bond donors (Lipinski definition) is 1. The van der Waals surface area contributed by atoms with Crippen LogP contribution in [0.5, 0.6) is 11.5 Å². The highest BCUT2D eigenvalue weighted by Gasteiger charge is 2.37. The smallest absolute Gasteiger partial charge is 0.338 e. The molecular weight excluding hydrogens is 640 g/mol. The molecule has 11 heteroatoms. The van der Waals surface area contributed by atoms with E-state index in [1.807, 2.05) is 43.3 Å². The fourth-order valence-electron chi connectivity index (χ4n) is 5.28. The Balaban J connectivity index is 1.52. The maximum Gasteiger partial charge on any atom is 0.338 e. The van der Waals surface area contributed by atoms with Crippen molar-refractivity contribution in [1.82, 2.24) is 14.8 Å². The summed E-state index contributed by atoms with van der Waals surface area (Å²) in [4.78, 5) is 18.6. The molecule has 1 N–H and O–H groups in total. The summed E-state index contributed by atoms with van der Waals surface area (Å²) in [7, 11) is 1.62. The van der Waals surface area contributed by atoms with Crippen LogP contribution in [0.1, 0.15) is 76.0 Å². The van der Waals surface area contributed by atoms with E-state index in [0.717, 1.165) is 54.1 Å². The van der Waals surface area contributed by atoms with Gasteiger partial charge in [-0.15, -0.1) is 5.10 Å². The van der Waals surface area contributed by atoms with E-state index in [1.54, 1.807) is 11.8 Å². The number of nitrogens with zero attached hydrogens (tertiary/aromatic N) is 3. The molecule has 1 aliphatic heterocycles. The van der Waals surface area contributed by atoms with Gasteiger partial charge >= 0.3 is 5.97 Å². The summed E-state index contributed by atoms with van der Waals surface area (Å²) >= 11 is 11.6. The Hall–Kier alpha value is -2.69. The second kappa shape index (κ2) is 14.2. The normalized spacial score (nSPS) is 17.0. The van der Waals surface area contributed by atoms with Crippen LogP contribution < -0.4 is 14.8 Å². The molecule has 1 aromatic heterocycles. The van der Waals surface area contributed by atoms with E-state index < -0.39 is 6.04 Å². The van der Waals surface area contributed by atoms with Crippen molar-refractivity contribution < 1.29 is 19.0 Å². The lowest BCUT2D eigenvalue weighted by molar-refractivity contribution is -0.146. The number of esters is 1. The van der Waals surface area contributed by atoms with E-state index in [9.17, 15) is 4.79 Å². The number of thioether (sulfide) groups is 1. The third kappa shape index (κ3) is 6.92. The molecule has 0 amide bonds.